The molecule has 0 saturated heterocycles. The molecule has 0 saturated carbocycles. The van der Waals surface area contributed by atoms with Crippen LogP contribution in [0.2, 0.25) is 0 Å². The van der Waals surface area contributed by atoms with E-state index in [1.54, 1.807) is 0 Å². The van der Waals surface area contributed by atoms with Crippen molar-refractivity contribution in [3.63, 3.8) is 0 Å². The lowest BCUT2D eigenvalue weighted by Crippen LogP contribution is -2.04. The number of ether oxygens (including phenoxy) is 1. The Balaban J connectivity index is 2.15. The molecule has 20 heavy (non-hydrogen) atoms. The molecule has 3 nitrogen and oxygen atoms in total. The number of nitrogens with zero attached hydrogens (tertiary/aromatic N) is 1. The first-order valence-electron chi connectivity index (χ1n) is 5.94. The molecule has 2 aromatic carbocycles. The normalized spacial score (nSPS) is 10.1. The van der Waals surface area contributed by atoms with Gasteiger partial charge in [-0.2, -0.15) is 5.26 Å². The fourth-order valence-corrected chi connectivity index (χ4v) is 1.74. The molecule has 0 bridgehead atoms. The second kappa shape index (κ2) is 6.13. The monoisotopic (exact) mass is 274 g/mol. The van der Waals surface area contributed by atoms with Crippen LogP contribution in [0.5, 0.6) is 5.75 Å². The summed E-state index contributed by atoms with van der Waals surface area (Å²) in [5, 5.41) is 8.66. The van der Waals surface area contributed by atoms with E-state index < -0.39 is 11.6 Å². The van der Waals surface area contributed by atoms with E-state index in [-0.39, 0.29) is 18.7 Å². The molecule has 0 atom stereocenters. The van der Waals surface area contributed by atoms with Crippen molar-refractivity contribution in [2.75, 3.05) is 0 Å². The summed E-state index contributed by atoms with van der Waals surface area (Å²) in [7, 11) is 0. The van der Waals surface area contributed by atoms with Gasteiger partial charge in [-0.1, -0.05) is 6.07 Å². The van der Waals surface area contributed by atoms with Crippen LogP contribution in [0.4, 0.5) is 8.78 Å². The number of hydrogen-bond acceptors (Lipinski definition) is 3. The average Bonchev–Trinajstić information content (AvgIpc) is 2.46. The van der Waals surface area contributed by atoms with E-state index in [1.807, 2.05) is 6.07 Å². The molecule has 0 heterocycles. The van der Waals surface area contributed by atoms with Gasteiger partial charge in [0.1, 0.15) is 24.0 Å². The highest BCUT2D eigenvalue weighted by atomic mass is 19.1. The molecular formula is C15H12F2N2O. The first kappa shape index (κ1) is 14.0. The van der Waals surface area contributed by atoms with Crippen LogP contribution in [0.25, 0.3) is 0 Å². The predicted octanol–water partition coefficient (Wildman–Crippen LogP) is 2.87. The van der Waals surface area contributed by atoms with E-state index >= 15 is 0 Å². The van der Waals surface area contributed by atoms with Crippen molar-refractivity contribution in [3.8, 4) is 11.8 Å². The standard InChI is InChI=1S/C15H12F2N2O/c16-13-3-4-15(12(6-13)8-19)20-9-11-2-1-10(7-18)5-14(11)17/h1-6H,8-9,19H2. The van der Waals surface area contributed by atoms with Crippen LogP contribution in [0.3, 0.4) is 0 Å². The Hall–Kier alpha value is -2.45. The summed E-state index contributed by atoms with van der Waals surface area (Å²) < 4.78 is 32.2. The minimum atomic E-state index is -0.513. The second-order valence-corrected chi connectivity index (χ2v) is 4.16. The van der Waals surface area contributed by atoms with Crippen molar-refractivity contribution < 1.29 is 13.5 Å². The lowest BCUT2D eigenvalue weighted by atomic mass is 10.1. The van der Waals surface area contributed by atoms with E-state index in [4.69, 9.17) is 15.7 Å². The number of rotatable bonds is 4. The Morgan fingerprint density at radius 1 is 1.10 bits per heavy atom. The summed E-state index contributed by atoms with van der Waals surface area (Å²) in [6.45, 7) is 0.110. The number of nitrogens with two attached hydrogens (primary N) is 1. The van der Waals surface area contributed by atoms with Crippen molar-refractivity contribution in [2.45, 2.75) is 13.2 Å². The maximum Gasteiger partial charge on any atom is 0.131 e. The highest BCUT2D eigenvalue weighted by Crippen LogP contribution is 2.21. The molecule has 2 rings (SSSR count). The third-order valence-corrected chi connectivity index (χ3v) is 2.81. The van der Waals surface area contributed by atoms with Crippen LogP contribution in [0, 0.1) is 23.0 Å². The molecule has 0 radical (unpaired) electrons. The maximum absolute atomic E-state index is 13.7. The fourth-order valence-electron chi connectivity index (χ4n) is 1.74. The molecule has 2 aromatic rings. The van der Waals surface area contributed by atoms with Crippen molar-refractivity contribution in [1.82, 2.24) is 0 Å². The Labute approximate surface area is 115 Å². The van der Waals surface area contributed by atoms with E-state index in [9.17, 15) is 8.78 Å². The van der Waals surface area contributed by atoms with E-state index in [0.717, 1.165) is 6.07 Å². The molecule has 102 valence electrons. The van der Waals surface area contributed by atoms with Crippen molar-refractivity contribution in [1.29, 1.82) is 5.26 Å². The second-order valence-electron chi connectivity index (χ2n) is 4.16. The topological polar surface area (TPSA) is 59.0 Å². The van der Waals surface area contributed by atoms with Gasteiger partial charge in [-0.25, -0.2) is 8.78 Å². The van der Waals surface area contributed by atoms with E-state index in [2.05, 4.69) is 0 Å². The molecule has 5 heteroatoms. The molecule has 0 aliphatic carbocycles. The highest BCUT2D eigenvalue weighted by Gasteiger charge is 2.07. The molecular weight excluding hydrogens is 262 g/mol. The van der Waals surface area contributed by atoms with Gasteiger partial charge < -0.3 is 10.5 Å². The molecule has 0 amide bonds. The molecule has 0 unspecified atom stereocenters. The van der Waals surface area contributed by atoms with Gasteiger partial charge in [-0.3, -0.25) is 0 Å². The molecule has 0 aliphatic rings. The summed E-state index contributed by atoms with van der Waals surface area (Å²) in [5.74, 6) is -0.500. The van der Waals surface area contributed by atoms with Crippen LogP contribution in [-0.4, -0.2) is 0 Å². The minimum absolute atomic E-state index is 0.0177. The van der Waals surface area contributed by atoms with Gasteiger partial charge in [-0.05, 0) is 30.3 Å². The largest absolute Gasteiger partial charge is 0.488 e. The summed E-state index contributed by atoms with van der Waals surface area (Å²) in [5.41, 5.74) is 6.57. The van der Waals surface area contributed by atoms with Gasteiger partial charge in [0.25, 0.3) is 0 Å². The third-order valence-electron chi connectivity index (χ3n) is 2.81. The van der Waals surface area contributed by atoms with Crippen molar-refractivity contribution >= 4 is 0 Å². The lowest BCUT2D eigenvalue weighted by Gasteiger charge is -2.11. The molecule has 2 N–H and O–H groups in total. The van der Waals surface area contributed by atoms with Crippen molar-refractivity contribution in [2.24, 2.45) is 5.73 Å². The van der Waals surface area contributed by atoms with Gasteiger partial charge in [-0.15, -0.1) is 0 Å². The summed E-state index contributed by atoms with van der Waals surface area (Å²) in [6.07, 6.45) is 0. The summed E-state index contributed by atoms with van der Waals surface area (Å²) >= 11 is 0. The smallest absolute Gasteiger partial charge is 0.131 e. The zero-order chi connectivity index (χ0) is 14.5. The van der Waals surface area contributed by atoms with Crippen LogP contribution in [-0.2, 0) is 13.2 Å². The zero-order valence-corrected chi connectivity index (χ0v) is 10.6. The number of nitriles is 1. The third kappa shape index (κ3) is 3.11. The molecule has 0 spiro atoms. The fraction of sp³-hybridized carbons (Fsp3) is 0.133. The first-order chi connectivity index (χ1) is 9.63. The van der Waals surface area contributed by atoms with Gasteiger partial charge in [0.2, 0.25) is 0 Å². The van der Waals surface area contributed by atoms with E-state index in [0.29, 0.717) is 16.9 Å². The predicted molar refractivity (Wildman–Crippen MR) is 69.7 cm³/mol. The van der Waals surface area contributed by atoms with Gasteiger partial charge in [0, 0.05) is 17.7 Å². The number of hydrogen-bond donors (Lipinski definition) is 1. The molecule has 0 fully saturated rings. The Morgan fingerprint density at radius 2 is 1.90 bits per heavy atom. The first-order valence-corrected chi connectivity index (χ1v) is 5.94. The summed E-state index contributed by atoms with van der Waals surface area (Å²) in [4.78, 5) is 0. The Morgan fingerprint density at radius 3 is 2.55 bits per heavy atom. The van der Waals surface area contributed by atoms with E-state index in [1.165, 1.54) is 30.3 Å². The van der Waals surface area contributed by atoms with Gasteiger partial charge in [0.05, 0.1) is 11.6 Å². The van der Waals surface area contributed by atoms with Crippen LogP contribution in [0.1, 0.15) is 16.7 Å². The Bertz CT molecular complexity index is 665. The minimum Gasteiger partial charge on any atom is -0.488 e. The van der Waals surface area contributed by atoms with Crippen LogP contribution < -0.4 is 10.5 Å². The van der Waals surface area contributed by atoms with Crippen molar-refractivity contribution in [3.05, 3.63) is 64.7 Å². The van der Waals surface area contributed by atoms with Gasteiger partial charge >= 0.3 is 0 Å². The lowest BCUT2D eigenvalue weighted by molar-refractivity contribution is 0.296. The summed E-state index contributed by atoms with van der Waals surface area (Å²) in [6, 6.07) is 9.99. The van der Waals surface area contributed by atoms with Crippen LogP contribution in [0.15, 0.2) is 36.4 Å². The average molecular weight is 274 g/mol. The Kier molecular flexibility index (Phi) is 4.28. The number of benzene rings is 2. The SMILES string of the molecule is N#Cc1ccc(COc2ccc(F)cc2CN)c(F)c1. The zero-order valence-electron chi connectivity index (χ0n) is 10.6. The maximum atomic E-state index is 13.7. The number of halogens is 2. The van der Waals surface area contributed by atoms with Gasteiger partial charge in [0.15, 0.2) is 0 Å². The molecule has 0 aliphatic heterocycles. The highest BCUT2D eigenvalue weighted by molar-refractivity contribution is 5.35. The van der Waals surface area contributed by atoms with Crippen LogP contribution >= 0.6 is 0 Å². The quantitative estimate of drug-likeness (QED) is 0.932. The molecule has 0 aromatic heterocycles.